The summed E-state index contributed by atoms with van der Waals surface area (Å²) in [6.45, 7) is 8.80. The first kappa shape index (κ1) is 24.5. The van der Waals surface area contributed by atoms with Gasteiger partial charge in [0.15, 0.2) is 0 Å². The molecular weight excluding hydrogens is 414 g/mol. The molecule has 0 aliphatic carbocycles. The van der Waals surface area contributed by atoms with Gasteiger partial charge in [-0.2, -0.15) is 0 Å². The van der Waals surface area contributed by atoms with Crippen molar-refractivity contribution in [3.05, 3.63) is 65.2 Å². The molecule has 166 valence electrons. The summed E-state index contributed by atoms with van der Waals surface area (Å²) in [4.78, 5) is 38.0. The van der Waals surface area contributed by atoms with E-state index in [1.165, 1.54) is 7.11 Å². The van der Waals surface area contributed by atoms with Crippen LogP contribution in [0.2, 0.25) is 0 Å². The van der Waals surface area contributed by atoms with Crippen LogP contribution in [0.3, 0.4) is 0 Å². The van der Waals surface area contributed by atoms with Crippen molar-refractivity contribution >= 4 is 28.9 Å². The summed E-state index contributed by atoms with van der Waals surface area (Å²) in [5, 5.41) is 2.55. The largest absolute Gasteiger partial charge is 0.467 e. The summed E-state index contributed by atoms with van der Waals surface area (Å²) in [6.07, 6.45) is -0.528. The molecule has 0 bridgehead atoms. The van der Waals surface area contributed by atoms with Gasteiger partial charge in [0, 0.05) is 16.9 Å². The van der Waals surface area contributed by atoms with Gasteiger partial charge in [-0.05, 0) is 64.1 Å². The molecule has 0 heterocycles. The fraction of sp³-hybridized carbons (Fsp3) is 0.375. The summed E-state index contributed by atoms with van der Waals surface area (Å²) in [7, 11) is 1.27. The van der Waals surface area contributed by atoms with E-state index in [1.807, 2.05) is 31.2 Å². The Balaban J connectivity index is 2.11. The zero-order valence-corrected chi connectivity index (χ0v) is 19.6. The van der Waals surface area contributed by atoms with Gasteiger partial charge in [0.05, 0.1) is 7.11 Å². The zero-order chi connectivity index (χ0) is 23.2. The summed E-state index contributed by atoms with van der Waals surface area (Å²) in [5.41, 5.74) is 0.433. The van der Waals surface area contributed by atoms with Crippen molar-refractivity contribution in [2.75, 3.05) is 7.11 Å². The molecule has 0 unspecified atom stereocenters. The molecule has 0 radical (unpaired) electrons. The van der Waals surface area contributed by atoms with Gasteiger partial charge in [0.25, 0.3) is 0 Å². The molecule has 0 saturated carbocycles. The van der Waals surface area contributed by atoms with Crippen molar-refractivity contribution in [1.29, 1.82) is 0 Å². The maximum absolute atomic E-state index is 12.5. The van der Waals surface area contributed by atoms with E-state index in [0.29, 0.717) is 5.56 Å². The van der Waals surface area contributed by atoms with Gasteiger partial charge in [-0.25, -0.2) is 9.59 Å². The number of amides is 1. The third kappa shape index (κ3) is 7.43. The molecule has 31 heavy (non-hydrogen) atoms. The fourth-order valence-electron chi connectivity index (χ4n) is 2.86. The molecule has 0 aromatic heterocycles. The monoisotopic (exact) mass is 443 g/mol. The third-order valence-electron chi connectivity index (χ3n) is 4.39. The number of hydrogen-bond acceptors (Lipinski definition) is 6. The van der Waals surface area contributed by atoms with Gasteiger partial charge in [-0.15, -0.1) is 0 Å². The maximum Gasteiger partial charge on any atom is 0.408 e. The molecule has 1 atom stereocenters. The number of carbonyl (C=O) groups excluding carboxylic acids is 3. The van der Waals surface area contributed by atoms with Gasteiger partial charge in [-0.3, -0.25) is 4.79 Å². The molecule has 1 amide bonds. The number of hydrogen-bond donors (Lipinski definition) is 1. The van der Waals surface area contributed by atoms with Crippen LogP contribution in [0.4, 0.5) is 4.79 Å². The van der Waals surface area contributed by atoms with E-state index in [4.69, 9.17) is 9.47 Å². The van der Waals surface area contributed by atoms with Crippen LogP contribution in [-0.2, 0) is 20.7 Å². The SMILES string of the molecule is COC(=O)[C@](C)(Cc1ccc(C(=O)Sc2ccc(C)cc2)cc1)NC(=O)OC(C)(C)C. The lowest BCUT2D eigenvalue weighted by Gasteiger charge is -2.29. The molecule has 7 heteroatoms. The number of alkyl carbamates (subject to hydrolysis) is 1. The Kier molecular flexibility index (Phi) is 7.90. The smallest absolute Gasteiger partial charge is 0.408 e. The van der Waals surface area contributed by atoms with Crippen LogP contribution in [-0.4, -0.2) is 35.4 Å². The molecule has 0 aliphatic rings. The Morgan fingerprint density at radius 1 is 0.935 bits per heavy atom. The Morgan fingerprint density at radius 2 is 1.52 bits per heavy atom. The van der Waals surface area contributed by atoms with Crippen molar-refractivity contribution in [1.82, 2.24) is 5.32 Å². The first-order valence-electron chi connectivity index (χ1n) is 9.89. The average Bonchev–Trinajstić information content (AvgIpc) is 2.67. The number of rotatable bonds is 6. The minimum absolute atomic E-state index is 0.0713. The molecule has 0 saturated heterocycles. The van der Waals surface area contributed by atoms with E-state index in [9.17, 15) is 14.4 Å². The van der Waals surface area contributed by atoms with Crippen molar-refractivity contribution < 1.29 is 23.9 Å². The minimum atomic E-state index is -1.32. The van der Waals surface area contributed by atoms with Gasteiger partial charge >= 0.3 is 12.1 Å². The second-order valence-electron chi connectivity index (χ2n) is 8.53. The van der Waals surface area contributed by atoms with E-state index >= 15 is 0 Å². The average molecular weight is 444 g/mol. The normalized spacial score (nSPS) is 13.1. The van der Waals surface area contributed by atoms with Gasteiger partial charge in [-0.1, -0.05) is 42.0 Å². The number of benzene rings is 2. The highest BCUT2D eigenvalue weighted by molar-refractivity contribution is 8.14. The molecule has 0 fully saturated rings. The number of nitrogens with one attached hydrogen (secondary N) is 1. The number of ether oxygens (including phenoxy) is 2. The lowest BCUT2D eigenvalue weighted by atomic mass is 9.92. The van der Waals surface area contributed by atoms with Crippen molar-refractivity contribution in [3.8, 4) is 0 Å². The quantitative estimate of drug-likeness (QED) is 0.504. The number of carbonyl (C=O) groups is 3. The highest BCUT2D eigenvalue weighted by atomic mass is 32.2. The predicted octanol–water partition coefficient (Wildman–Crippen LogP) is 4.93. The lowest BCUT2D eigenvalue weighted by Crippen LogP contribution is -2.55. The summed E-state index contributed by atoms with van der Waals surface area (Å²) >= 11 is 1.16. The standard InChI is InChI=1S/C24H29NO5S/c1-16-7-13-19(14-8-16)31-20(26)18-11-9-17(10-12-18)15-24(5,21(27)29-6)25-22(28)30-23(2,3)4/h7-14H,15H2,1-6H3,(H,25,28)/t24-/m0/s1. The van der Waals surface area contributed by atoms with Gasteiger partial charge < -0.3 is 14.8 Å². The Bertz CT molecular complexity index is 932. The van der Waals surface area contributed by atoms with Gasteiger partial charge in [0.2, 0.25) is 5.12 Å². The second-order valence-corrected chi connectivity index (χ2v) is 9.57. The highest BCUT2D eigenvalue weighted by Crippen LogP contribution is 2.24. The van der Waals surface area contributed by atoms with Gasteiger partial charge in [0.1, 0.15) is 11.1 Å². The topological polar surface area (TPSA) is 81.7 Å². The molecule has 2 aromatic rings. The molecule has 6 nitrogen and oxygen atoms in total. The molecule has 0 spiro atoms. The second kappa shape index (κ2) is 10.0. The molecule has 0 aliphatic heterocycles. The van der Waals surface area contributed by atoms with Crippen LogP contribution in [0.5, 0.6) is 0 Å². The molecule has 2 aromatic carbocycles. The first-order valence-corrected chi connectivity index (χ1v) is 10.7. The van der Waals surface area contributed by atoms with E-state index in [1.54, 1.807) is 52.0 Å². The summed E-state index contributed by atoms with van der Waals surface area (Å²) in [5.74, 6) is -0.589. The third-order valence-corrected chi connectivity index (χ3v) is 5.32. The molecule has 2 rings (SSSR count). The first-order chi connectivity index (χ1) is 14.4. The number of thioether (sulfide) groups is 1. The molecule has 1 N–H and O–H groups in total. The highest BCUT2D eigenvalue weighted by Gasteiger charge is 2.37. The van der Waals surface area contributed by atoms with E-state index in [-0.39, 0.29) is 11.5 Å². The maximum atomic E-state index is 12.5. The van der Waals surface area contributed by atoms with Crippen LogP contribution >= 0.6 is 11.8 Å². The van der Waals surface area contributed by atoms with Crippen LogP contribution < -0.4 is 5.32 Å². The molecular formula is C24H29NO5S. The fourth-order valence-corrected chi connectivity index (χ4v) is 3.60. The van der Waals surface area contributed by atoms with E-state index in [2.05, 4.69) is 5.32 Å². The zero-order valence-electron chi connectivity index (χ0n) is 18.8. The van der Waals surface area contributed by atoms with Crippen LogP contribution in [0, 0.1) is 6.92 Å². The van der Waals surface area contributed by atoms with Crippen LogP contribution in [0.15, 0.2) is 53.4 Å². The van der Waals surface area contributed by atoms with Crippen LogP contribution in [0.1, 0.15) is 49.2 Å². The summed E-state index contributed by atoms with van der Waals surface area (Å²) in [6, 6.07) is 14.7. The lowest BCUT2D eigenvalue weighted by molar-refractivity contribution is -0.147. The van der Waals surface area contributed by atoms with Crippen molar-refractivity contribution in [2.24, 2.45) is 0 Å². The summed E-state index contributed by atoms with van der Waals surface area (Å²) < 4.78 is 10.2. The van der Waals surface area contributed by atoms with E-state index < -0.39 is 23.2 Å². The van der Waals surface area contributed by atoms with E-state index in [0.717, 1.165) is 27.8 Å². The Morgan fingerprint density at radius 3 is 2.03 bits per heavy atom. The van der Waals surface area contributed by atoms with Crippen LogP contribution in [0.25, 0.3) is 0 Å². The minimum Gasteiger partial charge on any atom is -0.467 e. The number of esters is 1. The Hall–Kier alpha value is -2.80. The van der Waals surface area contributed by atoms with Crippen molar-refractivity contribution in [3.63, 3.8) is 0 Å². The predicted molar refractivity (Wildman–Crippen MR) is 121 cm³/mol. The Labute approximate surface area is 187 Å². The van der Waals surface area contributed by atoms with Crippen molar-refractivity contribution in [2.45, 2.75) is 57.1 Å². The number of aryl methyl sites for hydroxylation is 1. The number of methoxy groups -OCH3 is 1.